The zero-order valence-electron chi connectivity index (χ0n) is 16.2. The normalized spacial score (nSPS) is 22.5. The number of hydrogen-bond acceptors (Lipinski definition) is 8. The second kappa shape index (κ2) is 9.13. The zero-order chi connectivity index (χ0) is 22.5. The minimum atomic E-state index is -5.08. The van der Waals surface area contributed by atoms with Gasteiger partial charge in [0.05, 0.1) is 24.4 Å². The third kappa shape index (κ3) is 5.79. The van der Waals surface area contributed by atoms with Crippen molar-refractivity contribution in [1.29, 1.82) is 5.26 Å². The van der Waals surface area contributed by atoms with Gasteiger partial charge in [-0.25, -0.2) is 14.8 Å². The monoisotopic (exact) mass is 436 g/mol. The topological polar surface area (TPSA) is 124 Å². The lowest BCUT2D eigenvalue weighted by Crippen LogP contribution is -2.34. The third-order valence-electron chi connectivity index (χ3n) is 4.86. The Hall–Kier alpha value is -3.46. The highest BCUT2D eigenvalue weighted by Gasteiger charge is 2.46. The van der Waals surface area contributed by atoms with E-state index in [4.69, 9.17) is 19.9 Å². The van der Waals surface area contributed by atoms with Gasteiger partial charge in [0.15, 0.2) is 0 Å². The fourth-order valence-corrected chi connectivity index (χ4v) is 3.50. The number of anilines is 2. The molecule has 12 heteroatoms. The van der Waals surface area contributed by atoms with Crippen LogP contribution < -0.4 is 10.2 Å². The van der Waals surface area contributed by atoms with E-state index in [1.807, 2.05) is 12.1 Å². The molecular weight excluding hydrogens is 417 g/mol. The Morgan fingerprint density at radius 1 is 1.39 bits per heavy atom. The van der Waals surface area contributed by atoms with Gasteiger partial charge in [0.25, 0.3) is 0 Å². The smallest absolute Gasteiger partial charge is 0.475 e. The molecule has 4 heterocycles. The second-order valence-electron chi connectivity index (χ2n) is 7.10. The first-order valence-corrected chi connectivity index (χ1v) is 9.29. The second-order valence-corrected chi connectivity index (χ2v) is 7.10. The van der Waals surface area contributed by atoms with Gasteiger partial charge in [-0.05, 0) is 18.6 Å². The van der Waals surface area contributed by atoms with E-state index in [1.165, 1.54) is 0 Å². The number of hydrogen-bond donors (Lipinski definition) is 2. The van der Waals surface area contributed by atoms with E-state index < -0.39 is 12.1 Å². The standard InChI is InChI=1S/C17H18N6O.C2HF3O2/c18-9-13-2-1-3-15(21-13)22-14-8-17(24-11-14)4-7-23(12-17)16-10-19-5-6-20-16;3-2(4,5)1(6)7/h1-3,5-6,10,14H,4,7-8,11-12H2,(H,21,22);(H,6,7). The van der Waals surface area contributed by atoms with E-state index in [-0.39, 0.29) is 11.6 Å². The summed E-state index contributed by atoms with van der Waals surface area (Å²) in [4.78, 5) is 23.9. The van der Waals surface area contributed by atoms with Crippen molar-refractivity contribution in [3.63, 3.8) is 0 Å². The molecule has 9 nitrogen and oxygen atoms in total. The summed E-state index contributed by atoms with van der Waals surface area (Å²) in [6.45, 7) is 2.40. The lowest BCUT2D eigenvalue weighted by molar-refractivity contribution is -0.192. The molecule has 164 valence electrons. The van der Waals surface area contributed by atoms with Crippen molar-refractivity contribution < 1.29 is 27.8 Å². The van der Waals surface area contributed by atoms with Crippen LogP contribution in [0.15, 0.2) is 36.8 Å². The highest BCUT2D eigenvalue weighted by molar-refractivity contribution is 5.73. The van der Waals surface area contributed by atoms with Crippen molar-refractivity contribution in [2.24, 2.45) is 0 Å². The van der Waals surface area contributed by atoms with Crippen LogP contribution in [0.4, 0.5) is 24.8 Å². The number of nitrogens with zero attached hydrogens (tertiary/aromatic N) is 5. The Morgan fingerprint density at radius 2 is 2.16 bits per heavy atom. The highest BCUT2D eigenvalue weighted by atomic mass is 19.4. The third-order valence-corrected chi connectivity index (χ3v) is 4.86. The van der Waals surface area contributed by atoms with Crippen molar-refractivity contribution in [2.45, 2.75) is 30.7 Å². The Balaban J connectivity index is 0.000000339. The predicted molar refractivity (Wildman–Crippen MR) is 102 cm³/mol. The van der Waals surface area contributed by atoms with Gasteiger partial charge in [0.2, 0.25) is 0 Å². The van der Waals surface area contributed by atoms with E-state index >= 15 is 0 Å². The minimum Gasteiger partial charge on any atom is -0.475 e. The SMILES string of the molecule is N#Cc1cccc(NC2COC3(CCN(c4cnccn4)C3)C2)n1.O=C(O)C(F)(F)F. The van der Waals surface area contributed by atoms with Crippen molar-refractivity contribution >= 4 is 17.6 Å². The van der Waals surface area contributed by atoms with Gasteiger partial charge in [-0.3, -0.25) is 4.98 Å². The van der Waals surface area contributed by atoms with Crippen molar-refractivity contribution in [2.75, 3.05) is 29.9 Å². The van der Waals surface area contributed by atoms with Gasteiger partial charge in [-0.15, -0.1) is 0 Å². The van der Waals surface area contributed by atoms with Crippen LogP contribution in [-0.4, -0.2) is 63.5 Å². The van der Waals surface area contributed by atoms with E-state index in [1.54, 1.807) is 24.7 Å². The fourth-order valence-electron chi connectivity index (χ4n) is 3.50. The quantitative estimate of drug-likeness (QED) is 0.745. The van der Waals surface area contributed by atoms with Crippen LogP contribution >= 0.6 is 0 Å². The minimum absolute atomic E-state index is 0.137. The number of ether oxygens (including phenoxy) is 1. The Labute approximate surface area is 175 Å². The van der Waals surface area contributed by atoms with Crippen LogP contribution in [-0.2, 0) is 9.53 Å². The van der Waals surface area contributed by atoms with Crippen LogP contribution in [0.3, 0.4) is 0 Å². The van der Waals surface area contributed by atoms with E-state index in [0.29, 0.717) is 12.3 Å². The summed E-state index contributed by atoms with van der Waals surface area (Å²) >= 11 is 0. The van der Waals surface area contributed by atoms with Crippen LogP contribution in [0.2, 0.25) is 0 Å². The molecule has 0 bridgehead atoms. The molecule has 1 spiro atoms. The summed E-state index contributed by atoms with van der Waals surface area (Å²) < 4.78 is 37.9. The van der Waals surface area contributed by atoms with Gasteiger partial charge in [0, 0.05) is 31.9 Å². The van der Waals surface area contributed by atoms with Crippen LogP contribution in [0, 0.1) is 11.3 Å². The molecule has 0 aromatic carbocycles. The number of pyridine rings is 1. The molecule has 2 aromatic heterocycles. The first kappa shape index (κ1) is 22.2. The van der Waals surface area contributed by atoms with Gasteiger partial charge in [-0.2, -0.15) is 18.4 Å². The molecule has 2 aliphatic heterocycles. The van der Waals surface area contributed by atoms with Crippen LogP contribution in [0.1, 0.15) is 18.5 Å². The summed E-state index contributed by atoms with van der Waals surface area (Å²) in [5.74, 6) is -1.13. The molecule has 2 N–H and O–H groups in total. The lowest BCUT2D eigenvalue weighted by atomic mass is 9.97. The summed E-state index contributed by atoms with van der Waals surface area (Å²) in [5.41, 5.74) is 0.283. The number of aromatic nitrogens is 3. The molecular formula is C19H19F3N6O3. The van der Waals surface area contributed by atoms with Crippen molar-refractivity contribution in [1.82, 2.24) is 15.0 Å². The van der Waals surface area contributed by atoms with Crippen molar-refractivity contribution in [3.05, 3.63) is 42.5 Å². The summed E-state index contributed by atoms with van der Waals surface area (Å²) in [7, 11) is 0. The van der Waals surface area contributed by atoms with Crippen molar-refractivity contribution in [3.8, 4) is 6.07 Å². The largest absolute Gasteiger partial charge is 0.490 e. The maximum absolute atomic E-state index is 10.6. The molecule has 2 saturated heterocycles. The number of aliphatic carboxylic acids is 1. The van der Waals surface area contributed by atoms with Crippen LogP contribution in [0.25, 0.3) is 0 Å². The first-order chi connectivity index (χ1) is 14.7. The Morgan fingerprint density at radius 3 is 2.81 bits per heavy atom. The number of rotatable bonds is 3. The fraction of sp³-hybridized carbons (Fsp3) is 0.421. The number of nitriles is 1. The molecule has 4 rings (SSSR count). The number of carboxylic acid groups (broad SMARTS) is 1. The summed E-state index contributed by atoms with van der Waals surface area (Å²) in [5, 5.41) is 19.5. The zero-order valence-corrected chi connectivity index (χ0v) is 16.2. The lowest BCUT2D eigenvalue weighted by Gasteiger charge is -2.23. The van der Waals surface area contributed by atoms with Gasteiger partial charge < -0.3 is 20.1 Å². The molecule has 0 radical (unpaired) electrons. The van der Waals surface area contributed by atoms with E-state index in [0.717, 1.165) is 37.6 Å². The van der Waals surface area contributed by atoms with Gasteiger partial charge >= 0.3 is 12.1 Å². The molecule has 2 fully saturated rings. The molecule has 2 unspecified atom stereocenters. The average Bonchev–Trinajstić information content (AvgIpc) is 3.35. The van der Waals surface area contributed by atoms with E-state index in [2.05, 4.69) is 31.2 Å². The Bertz CT molecular complexity index is 953. The van der Waals surface area contributed by atoms with Gasteiger partial charge in [-0.1, -0.05) is 6.07 Å². The molecule has 0 saturated carbocycles. The average molecular weight is 436 g/mol. The molecule has 2 aliphatic rings. The number of nitrogens with one attached hydrogen (secondary N) is 1. The first-order valence-electron chi connectivity index (χ1n) is 9.29. The Kier molecular flexibility index (Phi) is 6.55. The predicted octanol–water partition coefficient (Wildman–Crippen LogP) is 2.23. The number of carbonyl (C=O) groups is 1. The summed E-state index contributed by atoms with van der Waals surface area (Å²) in [6, 6.07) is 7.69. The number of carboxylic acids is 1. The maximum Gasteiger partial charge on any atom is 0.490 e. The van der Waals surface area contributed by atoms with E-state index in [9.17, 15) is 13.2 Å². The maximum atomic E-state index is 10.6. The number of alkyl halides is 3. The van der Waals surface area contributed by atoms with Gasteiger partial charge in [0.1, 0.15) is 23.4 Å². The number of halogens is 3. The summed E-state index contributed by atoms with van der Waals surface area (Å²) in [6.07, 6.45) is 2.01. The highest BCUT2D eigenvalue weighted by Crippen LogP contribution is 2.37. The molecule has 0 aliphatic carbocycles. The molecule has 2 atom stereocenters. The molecule has 0 amide bonds. The molecule has 2 aromatic rings. The van der Waals surface area contributed by atoms with Crippen LogP contribution in [0.5, 0.6) is 0 Å². The molecule has 31 heavy (non-hydrogen) atoms.